The van der Waals surface area contributed by atoms with E-state index >= 15 is 0 Å². The Hall–Kier alpha value is -2.66. The predicted octanol–water partition coefficient (Wildman–Crippen LogP) is 3.49. The van der Waals surface area contributed by atoms with Gasteiger partial charge in [-0.15, -0.1) is 12.4 Å². The minimum atomic E-state index is -3.24. The number of benzene rings is 2. The molecule has 4 heterocycles. The van der Waals surface area contributed by atoms with Gasteiger partial charge in [0.05, 0.1) is 23.5 Å². The van der Waals surface area contributed by atoms with Gasteiger partial charge in [0.1, 0.15) is 0 Å². The van der Waals surface area contributed by atoms with Gasteiger partial charge in [0, 0.05) is 58.0 Å². The van der Waals surface area contributed by atoms with Crippen LogP contribution in [0.3, 0.4) is 0 Å². The summed E-state index contributed by atoms with van der Waals surface area (Å²) in [4.78, 5) is 35.7. The van der Waals surface area contributed by atoms with Crippen LogP contribution < -0.4 is 0 Å². The number of likely N-dealkylation sites (tertiary alicyclic amines) is 3. The number of amides is 3. The van der Waals surface area contributed by atoms with Crippen molar-refractivity contribution < 1.29 is 22.7 Å². The molecule has 0 aromatic heterocycles. The second-order valence-electron chi connectivity index (χ2n) is 12.5. The number of rotatable bonds is 6. The highest BCUT2D eigenvalue weighted by atomic mass is 35.5. The van der Waals surface area contributed by atoms with E-state index < -0.39 is 9.84 Å². The molecule has 4 aliphatic heterocycles. The SMILES string of the molecule is CS(=O)(=O)c1ccc(CN2CCC3(CCN(C[C@H]4CN(C(=O)N5CCOCC5)CC4c4ccccc4)CC3)C2=O)cc1.Cl. The van der Waals surface area contributed by atoms with Crippen LogP contribution in [0.5, 0.6) is 0 Å². The Balaban J connectivity index is 0.00000368. The second-order valence-corrected chi connectivity index (χ2v) is 14.6. The highest BCUT2D eigenvalue weighted by Gasteiger charge is 2.48. The number of halogens is 1. The Morgan fingerprint density at radius 1 is 0.884 bits per heavy atom. The van der Waals surface area contributed by atoms with E-state index in [9.17, 15) is 18.0 Å². The van der Waals surface area contributed by atoms with Crippen LogP contribution in [0.1, 0.15) is 36.3 Å². The summed E-state index contributed by atoms with van der Waals surface area (Å²) in [5.41, 5.74) is 1.95. The molecule has 4 aliphatic rings. The molecule has 2 aromatic carbocycles. The monoisotopic (exact) mass is 630 g/mol. The van der Waals surface area contributed by atoms with Gasteiger partial charge in [0.15, 0.2) is 9.84 Å². The minimum Gasteiger partial charge on any atom is -0.378 e. The van der Waals surface area contributed by atoms with Crippen molar-refractivity contribution >= 4 is 34.2 Å². The van der Waals surface area contributed by atoms with Crippen LogP contribution in [-0.2, 0) is 25.9 Å². The molecule has 234 valence electrons. The normalized spacial score (nSPS) is 24.4. The van der Waals surface area contributed by atoms with Crippen molar-refractivity contribution in [1.82, 2.24) is 19.6 Å². The zero-order valence-corrected chi connectivity index (χ0v) is 26.5. The molecule has 0 bridgehead atoms. The van der Waals surface area contributed by atoms with Crippen LogP contribution in [0.2, 0.25) is 0 Å². The lowest BCUT2D eigenvalue weighted by Crippen LogP contribution is -2.48. The second kappa shape index (κ2) is 13.1. The number of hydrogen-bond acceptors (Lipinski definition) is 6. The largest absolute Gasteiger partial charge is 0.378 e. The molecule has 4 fully saturated rings. The van der Waals surface area contributed by atoms with Crippen LogP contribution in [-0.4, -0.2) is 112 Å². The summed E-state index contributed by atoms with van der Waals surface area (Å²) in [6, 6.07) is 17.6. The van der Waals surface area contributed by atoms with Gasteiger partial charge >= 0.3 is 6.03 Å². The van der Waals surface area contributed by atoms with Gasteiger partial charge in [-0.3, -0.25) is 4.79 Å². The van der Waals surface area contributed by atoms with E-state index in [-0.39, 0.29) is 29.8 Å². The van der Waals surface area contributed by atoms with E-state index in [1.54, 1.807) is 12.1 Å². The van der Waals surface area contributed by atoms with E-state index in [1.807, 2.05) is 32.9 Å². The number of sulfone groups is 1. The van der Waals surface area contributed by atoms with Crippen LogP contribution >= 0.6 is 12.4 Å². The predicted molar refractivity (Wildman–Crippen MR) is 167 cm³/mol. The number of piperidine rings is 1. The van der Waals surface area contributed by atoms with Crippen molar-refractivity contribution in [2.75, 3.05) is 71.8 Å². The Labute approximate surface area is 261 Å². The number of carbonyl (C=O) groups excluding carboxylic acids is 2. The van der Waals surface area contributed by atoms with Crippen molar-refractivity contribution in [3.63, 3.8) is 0 Å². The number of carbonyl (C=O) groups is 2. The summed E-state index contributed by atoms with van der Waals surface area (Å²) in [7, 11) is -3.24. The molecule has 2 aromatic rings. The van der Waals surface area contributed by atoms with E-state index in [1.165, 1.54) is 11.8 Å². The fraction of sp³-hybridized carbons (Fsp3) is 0.562. The molecular formula is C32H43ClN4O5S. The lowest BCUT2D eigenvalue weighted by molar-refractivity contribution is -0.139. The average molecular weight is 631 g/mol. The molecule has 0 N–H and O–H groups in total. The summed E-state index contributed by atoms with van der Waals surface area (Å²) in [6.07, 6.45) is 3.79. The molecule has 0 saturated carbocycles. The average Bonchev–Trinajstić information content (AvgIpc) is 3.56. The van der Waals surface area contributed by atoms with E-state index in [0.717, 1.165) is 64.1 Å². The third-order valence-corrected chi connectivity index (χ3v) is 11.0. The molecule has 9 nitrogen and oxygen atoms in total. The Bertz CT molecular complexity index is 1380. The fourth-order valence-electron chi connectivity index (χ4n) is 7.31. The first-order valence-electron chi connectivity index (χ1n) is 15.2. The fourth-order valence-corrected chi connectivity index (χ4v) is 7.94. The van der Waals surface area contributed by atoms with E-state index in [4.69, 9.17) is 4.74 Å². The smallest absolute Gasteiger partial charge is 0.320 e. The Kier molecular flexibility index (Phi) is 9.70. The van der Waals surface area contributed by atoms with Gasteiger partial charge in [0.2, 0.25) is 5.91 Å². The van der Waals surface area contributed by atoms with Gasteiger partial charge in [-0.1, -0.05) is 42.5 Å². The van der Waals surface area contributed by atoms with Crippen molar-refractivity contribution in [3.05, 3.63) is 65.7 Å². The highest BCUT2D eigenvalue weighted by molar-refractivity contribution is 7.90. The standard InChI is InChI=1S/C32H42N4O5S.ClH/c1-42(39,40)28-9-7-25(8-10-28)21-35-16-13-32(30(35)37)11-14-33(15-12-32)22-27-23-36(31(38)34-17-19-41-20-18-34)24-29(27)26-5-3-2-4-6-26;/h2-10,27,29H,11-24H2,1H3;1H/t27-,29?;/m0./s1. The van der Waals surface area contributed by atoms with Gasteiger partial charge < -0.3 is 24.3 Å². The first-order chi connectivity index (χ1) is 20.2. The topological polar surface area (TPSA) is 90.5 Å². The molecule has 1 unspecified atom stereocenters. The number of nitrogens with zero attached hydrogens (tertiary/aromatic N) is 4. The molecule has 4 saturated heterocycles. The van der Waals surface area contributed by atoms with E-state index in [2.05, 4.69) is 29.2 Å². The third-order valence-electron chi connectivity index (χ3n) is 9.85. The van der Waals surface area contributed by atoms with Crippen molar-refractivity contribution in [1.29, 1.82) is 0 Å². The van der Waals surface area contributed by atoms with Gasteiger partial charge in [-0.2, -0.15) is 0 Å². The lowest BCUT2D eigenvalue weighted by Gasteiger charge is -2.39. The number of hydrogen-bond donors (Lipinski definition) is 0. The van der Waals surface area contributed by atoms with Crippen LogP contribution in [0.15, 0.2) is 59.5 Å². The molecule has 0 radical (unpaired) electrons. The van der Waals surface area contributed by atoms with Crippen molar-refractivity contribution in [2.24, 2.45) is 11.3 Å². The number of urea groups is 1. The number of ether oxygens (including phenoxy) is 1. The molecule has 11 heteroatoms. The quantitative estimate of drug-likeness (QED) is 0.486. The highest BCUT2D eigenvalue weighted by Crippen LogP contribution is 2.43. The van der Waals surface area contributed by atoms with Gasteiger partial charge in [-0.05, 0) is 61.5 Å². The van der Waals surface area contributed by atoms with Crippen molar-refractivity contribution in [2.45, 2.75) is 36.6 Å². The first-order valence-corrected chi connectivity index (χ1v) is 17.1. The third kappa shape index (κ3) is 6.87. The Morgan fingerprint density at radius 2 is 1.53 bits per heavy atom. The Morgan fingerprint density at radius 3 is 2.19 bits per heavy atom. The number of morpholine rings is 1. The van der Waals surface area contributed by atoms with Crippen molar-refractivity contribution in [3.8, 4) is 0 Å². The molecule has 2 atom stereocenters. The minimum absolute atomic E-state index is 0. The van der Waals surface area contributed by atoms with E-state index in [0.29, 0.717) is 49.6 Å². The summed E-state index contributed by atoms with van der Waals surface area (Å²) < 4.78 is 29.0. The van der Waals surface area contributed by atoms with Gasteiger partial charge in [0.25, 0.3) is 0 Å². The molecule has 0 aliphatic carbocycles. The summed E-state index contributed by atoms with van der Waals surface area (Å²) >= 11 is 0. The summed E-state index contributed by atoms with van der Waals surface area (Å²) in [5.74, 6) is 0.876. The maximum absolute atomic E-state index is 13.6. The van der Waals surface area contributed by atoms with Crippen LogP contribution in [0.4, 0.5) is 4.79 Å². The molecular weight excluding hydrogens is 588 g/mol. The zero-order chi connectivity index (χ0) is 29.3. The zero-order valence-electron chi connectivity index (χ0n) is 24.9. The van der Waals surface area contributed by atoms with Gasteiger partial charge in [-0.25, -0.2) is 13.2 Å². The maximum atomic E-state index is 13.6. The van der Waals surface area contributed by atoms with Crippen LogP contribution in [0.25, 0.3) is 0 Å². The molecule has 1 spiro atoms. The lowest BCUT2D eigenvalue weighted by atomic mass is 9.76. The maximum Gasteiger partial charge on any atom is 0.320 e. The summed E-state index contributed by atoms with van der Waals surface area (Å²) in [5, 5.41) is 0. The molecule has 3 amide bonds. The van der Waals surface area contributed by atoms with Crippen LogP contribution in [0, 0.1) is 11.3 Å². The molecule has 6 rings (SSSR count). The summed E-state index contributed by atoms with van der Waals surface area (Å²) in [6.45, 7) is 7.96. The molecule has 43 heavy (non-hydrogen) atoms. The first kappa shape index (κ1) is 31.8.